The highest BCUT2D eigenvalue weighted by atomic mass is 16.5. The molecule has 2 aromatic heterocycles. The molecule has 24 heavy (non-hydrogen) atoms. The third-order valence-corrected chi connectivity index (χ3v) is 4.53. The Bertz CT molecular complexity index is 933. The van der Waals surface area contributed by atoms with Gasteiger partial charge in [0.25, 0.3) is 0 Å². The molecule has 4 nitrogen and oxygen atoms in total. The molecule has 4 aromatic rings. The highest BCUT2D eigenvalue weighted by Crippen LogP contribution is 2.39. The van der Waals surface area contributed by atoms with Crippen molar-refractivity contribution in [2.24, 2.45) is 0 Å². The van der Waals surface area contributed by atoms with E-state index in [-0.39, 0.29) is 0 Å². The maximum absolute atomic E-state index is 5.36. The van der Waals surface area contributed by atoms with Crippen molar-refractivity contribution in [3.05, 3.63) is 59.3 Å². The normalized spacial score (nSPS) is 11.3. The van der Waals surface area contributed by atoms with Gasteiger partial charge in [-0.15, -0.1) is 0 Å². The number of benzene rings is 2. The van der Waals surface area contributed by atoms with Gasteiger partial charge < -0.3 is 9.05 Å². The predicted octanol–water partition coefficient (Wildman–Crippen LogP) is 5.38. The predicted molar refractivity (Wildman–Crippen MR) is 93.9 cm³/mol. The lowest BCUT2D eigenvalue weighted by atomic mass is 9.91. The second-order valence-corrected chi connectivity index (χ2v) is 6.10. The molecule has 0 fully saturated rings. The summed E-state index contributed by atoms with van der Waals surface area (Å²) in [5, 5.41) is 10.5. The van der Waals surface area contributed by atoms with E-state index >= 15 is 0 Å². The Kier molecular flexibility index (Phi) is 3.27. The topological polar surface area (TPSA) is 52.1 Å². The molecule has 0 unspecified atom stereocenters. The van der Waals surface area contributed by atoms with Crippen molar-refractivity contribution in [2.45, 2.75) is 27.7 Å². The van der Waals surface area contributed by atoms with E-state index < -0.39 is 0 Å². The Morgan fingerprint density at radius 1 is 0.625 bits per heavy atom. The van der Waals surface area contributed by atoms with Crippen molar-refractivity contribution >= 4 is 10.8 Å². The fourth-order valence-corrected chi connectivity index (χ4v) is 3.47. The molecule has 0 saturated carbocycles. The van der Waals surface area contributed by atoms with Crippen LogP contribution in [0.25, 0.3) is 33.0 Å². The van der Waals surface area contributed by atoms with Crippen LogP contribution in [0, 0.1) is 27.7 Å². The van der Waals surface area contributed by atoms with Crippen LogP contribution in [0.5, 0.6) is 0 Å². The molecule has 0 saturated heterocycles. The van der Waals surface area contributed by atoms with Crippen molar-refractivity contribution in [1.82, 2.24) is 10.3 Å². The highest BCUT2D eigenvalue weighted by molar-refractivity contribution is 6.05. The molecule has 0 spiro atoms. The molecule has 0 N–H and O–H groups in total. The van der Waals surface area contributed by atoms with Crippen molar-refractivity contribution in [3.8, 4) is 22.3 Å². The maximum atomic E-state index is 5.36. The molecule has 120 valence electrons. The van der Waals surface area contributed by atoms with Crippen LogP contribution in [-0.2, 0) is 0 Å². The molecule has 4 heteroatoms. The van der Waals surface area contributed by atoms with E-state index in [4.69, 9.17) is 9.05 Å². The number of rotatable bonds is 2. The van der Waals surface area contributed by atoms with Gasteiger partial charge in [0, 0.05) is 11.1 Å². The monoisotopic (exact) mass is 318 g/mol. The number of nitrogens with zero attached hydrogens (tertiary/aromatic N) is 2. The molecule has 0 aliphatic rings. The van der Waals surface area contributed by atoms with Crippen LogP contribution in [-0.4, -0.2) is 10.3 Å². The fourth-order valence-electron chi connectivity index (χ4n) is 3.47. The van der Waals surface area contributed by atoms with E-state index in [1.165, 1.54) is 10.8 Å². The summed E-state index contributed by atoms with van der Waals surface area (Å²) in [6.45, 7) is 7.85. The minimum Gasteiger partial charge on any atom is -0.361 e. The standard InChI is InChI=1S/C20H18N2O2/c1-11-19(13(3)23-21-11)17-9-10-18(16-8-6-5-7-15(16)17)20-12(2)22-24-14(20)4/h5-10H,1-4H3. The summed E-state index contributed by atoms with van der Waals surface area (Å²) in [6.07, 6.45) is 0. The number of aromatic nitrogens is 2. The minimum absolute atomic E-state index is 0.836. The van der Waals surface area contributed by atoms with Crippen molar-refractivity contribution in [3.63, 3.8) is 0 Å². The summed E-state index contributed by atoms with van der Waals surface area (Å²) in [5.74, 6) is 1.67. The van der Waals surface area contributed by atoms with Gasteiger partial charge in [0.2, 0.25) is 0 Å². The number of aryl methyl sites for hydroxylation is 4. The number of hydrogen-bond acceptors (Lipinski definition) is 4. The van der Waals surface area contributed by atoms with Gasteiger partial charge in [0.1, 0.15) is 11.5 Å². The first-order valence-electron chi connectivity index (χ1n) is 7.96. The lowest BCUT2D eigenvalue weighted by molar-refractivity contribution is 0.393. The van der Waals surface area contributed by atoms with E-state index in [1.54, 1.807) is 0 Å². The molecule has 0 amide bonds. The molecule has 0 radical (unpaired) electrons. The van der Waals surface area contributed by atoms with Crippen molar-refractivity contribution in [1.29, 1.82) is 0 Å². The van der Waals surface area contributed by atoms with E-state index in [0.29, 0.717) is 0 Å². The van der Waals surface area contributed by atoms with Gasteiger partial charge >= 0.3 is 0 Å². The smallest absolute Gasteiger partial charge is 0.141 e. The first-order chi connectivity index (χ1) is 11.6. The Labute approximate surface area is 140 Å². The summed E-state index contributed by atoms with van der Waals surface area (Å²) in [5.41, 5.74) is 6.22. The summed E-state index contributed by atoms with van der Waals surface area (Å²) >= 11 is 0. The molecule has 2 heterocycles. The Morgan fingerprint density at radius 2 is 1.04 bits per heavy atom. The summed E-state index contributed by atoms with van der Waals surface area (Å²) in [7, 11) is 0. The molecule has 0 aliphatic carbocycles. The average molecular weight is 318 g/mol. The van der Waals surface area contributed by atoms with Gasteiger partial charge in [-0.2, -0.15) is 0 Å². The van der Waals surface area contributed by atoms with E-state index in [1.807, 2.05) is 27.7 Å². The van der Waals surface area contributed by atoms with Crippen molar-refractivity contribution in [2.75, 3.05) is 0 Å². The summed E-state index contributed by atoms with van der Waals surface area (Å²) in [6, 6.07) is 12.7. The lowest BCUT2D eigenvalue weighted by Crippen LogP contribution is -1.89. The largest absolute Gasteiger partial charge is 0.361 e. The molecule has 0 atom stereocenters. The zero-order chi connectivity index (χ0) is 16.8. The Hall–Kier alpha value is -2.88. The van der Waals surface area contributed by atoms with Gasteiger partial charge in [-0.1, -0.05) is 46.7 Å². The third kappa shape index (κ3) is 2.07. The minimum atomic E-state index is 0.836. The molecule has 2 aromatic carbocycles. The Balaban J connectivity index is 2.07. The van der Waals surface area contributed by atoms with Gasteiger partial charge in [0.15, 0.2) is 0 Å². The lowest BCUT2D eigenvalue weighted by Gasteiger charge is -2.11. The molecular formula is C20H18N2O2. The second-order valence-electron chi connectivity index (χ2n) is 6.10. The van der Waals surface area contributed by atoms with Crippen LogP contribution in [0.2, 0.25) is 0 Å². The molecule has 0 aliphatic heterocycles. The zero-order valence-electron chi connectivity index (χ0n) is 14.2. The number of fused-ring (bicyclic) bond motifs is 1. The fraction of sp³-hybridized carbons (Fsp3) is 0.200. The van der Waals surface area contributed by atoms with Crippen LogP contribution in [0.3, 0.4) is 0 Å². The highest BCUT2D eigenvalue weighted by Gasteiger charge is 2.18. The van der Waals surface area contributed by atoms with Gasteiger partial charge in [-0.25, -0.2) is 0 Å². The van der Waals surface area contributed by atoms with Crippen LogP contribution in [0.4, 0.5) is 0 Å². The van der Waals surface area contributed by atoms with E-state index in [2.05, 4.69) is 46.7 Å². The van der Waals surface area contributed by atoms with Crippen LogP contribution < -0.4 is 0 Å². The SMILES string of the molecule is Cc1noc(C)c1-c1ccc(-c2c(C)noc2C)c2ccccc12. The van der Waals surface area contributed by atoms with Gasteiger partial charge in [-0.3, -0.25) is 0 Å². The quantitative estimate of drug-likeness (QED) is 0.497. The van der Waals surface area contributed by atoms with Crippen LogP contribution in [0.15, 0.2) is 45.4 Å². The molecule has 4 rings (SSSR count). The first kappa shape index (κ1) is 14.7. The average Bonchev–Trinajstić information content (AvgIpc) is 3.09. The van der Waals surface area contributed by atoms with Gasteiger partial charge in [-0.05, 0) is 49.6 Å². The van der Waals surface area contributed by atoms with E-state index in [9.17, 15) is 0 Å². The maximum Gasteiger partial charge on any atom is 0.141 e. The summed E-state index contributed by atoms with van der Waals surface area (Å²) < 4.78 is 10.7. The number of hydrogen-bond donors (Lipinski definition) is 0. The first-order valence-corrected chi connectivity index (χ1v) is 7.96. The zero-order valence-corrected chi connectivity index (χ0v) is 14.2. The molecule has 0 bridgehead atoms. The van der Waals surface area contributed by atoms with Gasteiger partial charge in [0.05, 0.1) is 11.4 Å². The molecular weight excluding hydrogens is 300 g/mol. The third-order valence-electron chi connectivity index (χ3n) is 4.53. The van der Waals surface area contributed by atoms with E-state index in [0.717, 1.165) is 45.2 Å². The second kappa shape index (κ2) is 5.34. The van der Waals surface area contributed by atoms with Crippen LogP contribution >= 0.6 is 0 Å². The van der Waals surface area contributed by atoms with Crippen LogP contribution in [0.1, 0.15) is 22.9 Å². The van der Waals surface area contributed by atoms with Crippen molar-refractivity contribution < 1.29 is 9.05 Å². The Morgan fingerprint density at radius 3 is 1.38 bits per heavy atom. The summed E-state index contributed by atoms with van der Waals surface area (Å²) in [4.78, 5) is 0.